The molecule has 1 aromatic heterocycles. The molecular weight excluding hydrogens is 218 g/mol. The van der Waals surface area contributed by atoms with E-state index in [1.54, 1.807) is 0 Å². The van der Waals surface area contributed by atoms with E-state index in [9.17, 15) is 13.2 Å². The van der Waals surface area contributed by atoms with Crippen LogP contribution in [0.25, 0.3) is 0 Å². The topological polar surface area (TPSA) is 112 Å². The zero-order chi connectivity index (χ0) is 10.1. The number of rotatable bonds is 2. The van der Waals surface area contributed by atoms with Crippen molar-refractivity contribution < 1.29 is 17.4 Å². The molecule has 0 saturated heterocycles. The lowest BCUT2D eigenvalue weighted by Crippen LogP contribution is -2.09. The van der Waals surface area contributed by atoms with Gasteiger partial charge in [-0.3, -0.25) is 4.79 Å². The molecule has 13 heavy (non-hydrogen) atoms. The van der Waals surface area contributed by atoms with Gasteiger partial charge in [0, 0.05) is 6.92 Å². The molecule has 1 rings (SSSR count). The van der Waals surface area contributed by atoms with E-state index in [0.29, 0.717) is 11.3 Å². The zero-order valence-electron chi connectivity index (χ0n) is 6.42. The molecule has 1 heterocycles. The standard InChI is InChI=1S/C4H5N3O4S2/c1-2(8)11-13(9,10)4-7-6-3(5)12-4/h1H3,(H2,5,6). The molecule has 7 nitrogen and oxygen atoms in total. The number of hydrogen-bond donors (Lipinski definition) is 1. The van der Waals surface area contributed by atoms with E-state index in [4.69, 9.17) is 5.73 Å². The second-order valence-electron chi connectivity index (χ2n) is 1.94. The Morgan fingerprint density at radius 1 is 1.54 bits per heavy atom. The maximum atomic E-state index is 11.1. The Morgan fingerprint density at radius 2 is 2.15 bits per heavy atom. The van der Waals surface area contributed by atoms with Crippen molar-refractivity contribution in [1.82, 2.24) is 10.2 Å². The number of carbonyl (C=O) groups excluding carboxylic acids is 1. The minimum atomic E-state index is -4.12. The Labute approximate surface area is 77.7 Å². The fourth-order valence-electron chi connectivity index (χ4n) is 0.512. The normalized spacial score (nSPS) is 11.2. The summed E-state index contributed by atoms with van der Waals surface area (Å²) in [7, 11) is -4.12. The molecule has 2 N–H and O–H groups in total. The molecule has 0 unspecified atom stereocenters. The van der Waals surface area contributed by atoms with Crippen LogP contribution >= 0.6 is 11.3 Å². The molecule has 72 valence electrons. The summed E-state index contributed by atoms with van der Waals surface area (Å²) in [5.74, 6) is -0.936. The monoisotopic (exact) mass is 223 g/mol. The Morgan fingerprint density at radius 3 is 2.54 bits per heavy atom. The highest BCUT2D eigenvalue weighted by Crippen LogP contribution is 2.18. The molecule has 0 fully saturated rings. The van der Waals surface area contributed by atoms with Gasteiger partial charge in [-0.15, -0.1) is 10.2 Å². The molecule has 0 radical (unpaired) electrons. The van der Waals surface area contributed by atoms with E-state index in [-0.39, 0.29) is 5.13 Å². The Kier molecular flexibility index (Phi) is 2.48. The van der Waals surface area contributed by atoms with Crippen LogP contribution in [0, 0.1) is 0 Å². The Bertz CT molecular complexity index is 422. The maximum absolute atomic E-state index is 11.1. The van der Waals surface area contributed by atoms with Crippen molar-refractivity contribution in [3.05, 3.63) is 0 Å². The third kappa shape index (κ3) is 2.36. The molecule has 0 amide bonds. The van der Waals surface area contributed by atoms with E-state index >= 15 is 0 Å². The Balaban J connectivity index is 3.01. The van der Waals surface area contributed by atoms with Crippen LogP contribution in [0.1, 0.15) is 6.92 Å². The summed E-state index contributed by atoms with van der Waals surface area (Å²) in [5, 5.41) is 6.48. The number of aromatic nitrogens is 2. The van der Waals surface area contributed by atoms with Crippen molar-refractivity contribution in [2.45, 2.75) is 11.3 Å². The van der Waals surface area contributed by atoms with Crippen LogP contribution in [-0.2, 0) is 19.1 Å². The predicted molar refractivity (Wildman–Crippen MR) is 43.3 cm³/mol. The SMILES string of the molecule is CC(=O)OS(=O)(=O)c1nnc(N)s1. The van der Waals surface area contributed by atoms with Gasteiger partial charge in [-0.1, -0.05) is 11.3 Å². The average molecular weight is 223 g/mol. The maximum Gasteiger partial charge on any atom is 0.371 e. The highest BCUT2D eigenvalue weighted by molar-refractivity contribution is 7.89. The first kappa shape index (κ1) is 9.86. The number of anilines is 1. The largest absolute Gasteiger partial charge is 0.374 e. The van der Waals surface area contributed by atoms with Gasteiger partial charge in [0.25, 0.3) is 4.34 Å². The summed E-state index contributed by atoms with van der Waals surface area (Å²) < 4.78 is 25.7. The molecule has 0 saturated carbocycles. The molecule has 0 aliphatic rings. The lowest BCUT2D eigenvalue weighted by atomic mass is 10.9. The van der Waals surface area contributed by atoms with Gasteiger partial charge < -0.3 is 9.92 Å². The number of nitrogen functional groups attached to an aromatic ring is 1. The molecule has 0 aliphatic carbocycles. The molecular formula is C4H5N3O4S2. The molecule has 0 aliphatic heterocycles. The van der Waals surface area contributed by atoms with Crippen LogP contribution in [0.15, 0.2) is 4.34 Å². The fourth-order valence-corrected chi connectivity index (χ4v) is 2.14. The van der Waals surface area contributed by atoms with E-state index in [1.165, 1.54) is 0 Å². The number of carbonyl (C=O) groups is 1. The number of nitrogens with two attached hydrogens (primary N) is 1. The lowest BCUT2D eigenvalue weighted by molar-refractivity contribution is -0.131. The van der Waals surface area contributed by atoms with Crippen molar-refractivity contribution in [2.24, 2.45) is 0 Å². The first-order valence-corrected chi connectivity index (χ1v) is 5.18. The van der Waals surface area contributed by atoms with E-state index in [1.807, 2.05) is 0 Å². The van der Waals surface area contributed by atoms with Gasteiger partial charge in [0.05, 0.1) is 0 Å². The van der Waals surface area contributed by atoms with Gasteiger partial charge in [0.1, 0.15) is 0 Å². The van der Waals surface area contributed by atoms with Crippen LogP contribution in [-0.4, -0.2) is 24.6 Å². The second kappa shape index (κ2) is 3.26. The van der Waals surface area contributed by atoms with E-state index in [0.717, 1.165) is 6.92 Å². The highest BCUT2D eigenvalue weighted by atomic mass is 32.3. The summed E-state index contributed by atoms with van der Waals surface area (Å²) >= 11 is 0.627. The third-order valence-electron chi connectivity index (χ3n) is 0.863. The van der Waals surface area contributed by atoms with Gasteiger partial charge in [-0.25, -0.2) is 0 Å². The first-order chi connectivity index (χ1) is 5.92. The second-order valence-corrected chi connectivity index (χ2v) is 4.66. The Hall–Kier alpha value is -1.22. The average Bonchev–Trinajstić information content (AvgIpc) is 2.32. The van der Waals surface area contributed by atoms with Crippen LogP contribution in [0.4, 0.5) is 5.13 Å². The molecule has 0 bridgehead atoms. The molecule has 9 heteroatoms. The van der Waals surface area contributed by atoms with E-state index < -0.39 is 20.4 Å². The van der Waals surface area contributed by atoms with Gasteiger partial charge in [-0.05, 0) is 0 Å². The van der Waals surface area contributed by atoms with Crippen LogP contribution in [0.3, 0.4) is 0 Å². The summed E-state index contributed by atoms with van der Waals surface area (Å²) in [6.45, 7) is 0.974. The zero-order valence-corrected chi connectivity index (χ0v) is 8.05. The van der Waals surface area contributed by atoms with Crippen molar-refractivity contribution in [3.8, 4) is 0 Å². The molecule has 0 atom stereocenters. The molecule has 0 spiro atoms. The van der Waals surface area contributed by atoms with Crippen LogP contribution in [0.5, 0.6) is 0 Å². The fraction of sp³-hybridized carbons (Fsp3) is 0.250. The van der Waals surface area contributed by atoms with Gasteiger partial charge >= 0.3 is 16.1 Å². The lowest BCUT2D eigenvalue weighted by Gasteiger charge is -1.96. The predicted octanol–water partition coefficient (Wildman–Crippen LogP) is -0.628. The first-order valence-electron chi connectivity index (χ1n) is 2.96. The quantitative estimate of drug-likeness (QED) is 0.664. The van der Waals surface area contributed by atoms with Gasteiger partial charge in [0.15, 0.2) is 0 Å². The smallest absolute Gasteiger partial charge is 0.371 e. The minimum Gasteiger partial charge on any atom is -0.374 e. The summed E-state index contributed by atoms with van der Waals surface area (Å²) in [6, 6.07) is 0. The van der Waals surface area contributed by atoms with Gasteiger partial charge in [-0.2, -0.15) is 8.42 Å². The van der Waals surface area contributed by atoms with Gasteiger partial charge in [0.2, 0.25) is 5.13 Å². The van der Waals surface area contributed by atoms with Crippen molar-refractivity contribution >= 4 is 32.6 Å². The summed E-state index contributed by atoms with van der Waals surface area (Å²) in [5.41, 5.74) is 5.15. The highest BCUT2D eigenvalue weighted by Gasteiger charge is 2.22. The molecule has 1 aromatic rings. The summed E-state index contributed by atoms with van der Waals surface area (Å²) in [6.07, 6.45) is 0. The van der Waals surface area contributed by atoms with Crippen molar-refractivity contribution in [2.75, 3.05) is 5.73 Å². The van der Waals surface area contributed by atoms with E-state index in [2.05, 4.69) is 14.4 Å². The number of nitrogens with zero attached hydrogens (tertiary/aromatic N) is 2. The minimum absolute atomic E-state index is 0.00859. The number of hydrogen-bond acceptors (Lipinski definition) is 8. The van der Waals surface area contributed by atoms with Crippen LogP contribution < -0.4 is 5.73 Å². The van der Waals surface area contributed by atoms with Crippen molar-refractivity contribution in [3.63, 3.8) is 0 Å². The molecule has 0 aromatic carbocycles. The third-order valence-corrected chi connectivity index (χ3v) is 3.24. The van der Waals surface area contributed by atoms with Crippen LogP contribution in [0.2, 0.25) is 0 Å². The van der Waals surface area contributed by atoms with Crippen molar-refractivity contribution in [1.29, 1.82) is 0 Å². The summed E-state index contributed by atoms with van der Waals surface area (Å²) in [4.78, 5) is 10.4.